The predicted molar refractivity (Wildman–Crippen MR) is 67.9 cm³/mol. The van der Waals surface area contributed by atoms with Crippen molar-refractivity contribution in [1.82, 2.24) is 0 Å². The van der Waals surface area contributed by atoms with Crippen LogP contribution in [-0.2, 0) is 0 Å². The summed E-state index contributed by atoms with van der Waals surface area (Å²) in [7, 11) is 0. The van der Waals surface area contributed by atoms with Gasteiger partial charge in [-0.3, -0.25) is 0 Å². The molecule has 0 N–H and O–H groups in total. The Morgan fingerprint density at radius 1 is 1.00 bits per heavy atom. The van der Waals surface area contributed by atoms with Crippen LogP contribution in [0.3, 0.4) is 0 Å². The molecule has 0 radical (unpaired) electrons. The van der Waals surface area contributed by atoms with Crippen molar-refractivity contribution in [3.05, 3.63) is 71.0 Å². The van der Waals surface area contributed by atoms with Gasteiger partial charge >= 0.3 is 0 Å². The first-order valence-electron chi connectivity index (χ1n) is 5.83. The summed E-state index contributed by atoms with van der Waals surface area (Å²) >= 11 is 0. The molecule has 0 amide bonds. The SMILES string of the molecule is C(=C1CC1)=C1CC=CC=C1c1ccccc1. The molecule has 78 valence electrons. The lowest BCUT2D eigenvalue weighted by Crippen LogP contribution is -1.91. The van der Waals surface area contributed by atoms with Crippen LogP contribution in [0.25, 0.3) is 5.57 Å². The van der Waals surface area contributed by atoms with Gasteiger partial charge in [0.25, 0.3) is 0 Å². The fourth-order valence-corrected chi connectivity index (χ4v) is 1.97. The van der Waals surface area contributed by atoms with Gasteiger partial charge in [-0.15, -0.1) is 5.73 Å². The Balaban J connectivity index is 2.07. The molecule has 16 heavy (non-hydrogen) atoms. The van der Waals surface area contributed by atoms with Crippen LogP contribution in [0.4, 0.5) is 0 Å². The zero-order valence-corrected chi connectivity index (χ0v) is 9.24. The molecule has 0 atom stereocenters. The van der Waals surface area contributed by atoms with Crippen molar-refractivity contribution in [2.75, 3.05) is 0 Å². The summed E-state index contributed by atoms with van der Waals surface area (Å²) in [5, 5.41) is 0. The minimum absolute atomic E-state index is 1.02. The van der Waals surface area contributed by atoms with Gasteiger partial charge < -0.3 is 0 Å². The van der Waals surface area contributed by atoms with Crippen LogP contribution >= 0.6 is 0 Å². The van der Waals surface area contributed by atoms with E-state index in [1.54, 1.807) is 0 Å². The molecule has 1 aromatic carbocycles. The van der Waals surface area contributed by atoms with Crippen molar-refractivity contribution in [1.29, 1.82) is 0 Å². The third-order valence-corrected chi connectivity index (χ3v) is 2.96. The van der Waals surface area contributed by atoms with Gasteiger partial charge in [-0.1, -0.05) is 48.6 Å². The maximum Gasteiger partial charge on any atom is 0.00553 e. The van der Waals surface area contributed by atoms with Crippen molar-refractivity contribution < 1.29 is 0 Å². The molecule has 2 aliphatic rings. The fourth-order valence-electron chi connectivity index (χ4n) is 1.97. The summed E-state index contributed by atoms with van der Waals surface area (Å²) in [5.74, 6) is 0. The normalized spacial score (nSPS) is 18.1. The van der Waals surface area contributed by atoms with E-state index in [9.17, 15) is 0 Å². The van der Waals surface area contributed by atoms with Gasteiger partial charge in [0.1, 0.15) is 0 Å². The van der Waals surface area contributed by atoms with E-state index in [0.717, 1.165) is 6.42 Å². The number of benzene rings is 1. The van der Waals surface area contributed by atoms with E-state index in [2.05, 4.69) is 54.3 Å². The highest BCUT2D eigenvalue weighted by Gasteiger charge is 2.13. The van der Waals surface area contributed by atoms with Crippen molar-refractivity contribution in [2.45, 2.75) is 19.3 Å². The quantitative estimate of drug-likeness (QED) is 0.602. The van der Waals surface area contributed by atoms with Crippen LogP contribution in [0.2, 0.25) is 0 Å². The number of allylic oxidation sites excluding steroid dienone is 5. The third-order valence-electron chi connectivity index (χ3n) is 2.96. The van der Waals surface area contributed by atoms with Crippen LogP contribution in [0.15, 0.2) is 65.4 Å². The molecule has 0 aromatic heterocycles. The first-order valence-corrected chi connectivity index (χ1v) is 5.83. The Morgan fingerprint density at radius 2 is 1.81 bits per heavy atom. The second-order valence-electron chi connectivity index (χ2n) is 4.29. The smallest absolute Gasteiger partial charge is 0.00553 e. The lowest BCUT2D eigenvalue weighted by Gasteiger charge is -2.11. The molecular weight excluding hydrogens is 192 g/mol. The predicted octanol–water partition coefficient (Wildman–Crippen LogP) is 4.28. The molecule has 0 saturated heterocycles. The van der Waals surface area contributed by atoms with Crippen LogP contribution in [0.1, 0.15) is 24.8 Å². The van der Waals surface area contributed by atoms with E-state index in [1.807, 2.05) is 0 Å². The van der Waals surface area contributed by atoms with E-state index in [4.69, 9.17) is 0 Å². The lowest BCUT2D eigenvalue weighted by molar-refractivity contribution is 1.27. The van der Waals surface area contributed by atoms with Gasteiger partial charge in [0.2, 0.25) is 0 Å². The highest BCUT2D eigenvalue weighted by atomic mass is 14.2. The van der Waals surface area contributed by atoms with Gasteiger partial charge in [-0.2, -0.15) is 0 Å². The lowest BCUT2D eigenvalue weighted by atomic mass is 9.92. The van der Waals surface area contributed by atoms with Gasteiger partial charge in [-0.25, -0.2) is 0 Å². The standard InChI is InChI=1S/C16H14/c1-2-6-14(7-3-1)16-9-5-4-8-15(16)12-13-10-11-13/h1-7,9H,8,10-11H2. The first-order chi connectivity index (χ1) is 7.93. The van der Waals surface area contributed by atoms with Crippen LogP contribution in [0, 0.1) is 0 Å². The summed E-state index contributed by atoms with van der Waals surface area (Å²) in [5.41, 5.74) is 9.02. The van der Waals surface area contributed by atoms with Crippen molar-refractivity contribution in [3.8, 4) is 0 Å². The topological polar surface area (TPSA) is 0 Å². The number of rotatable bonds is 1. The molecule has 0 aliphatic heterocycles. The maximum absolute atomic E-state index is 3.56. The van der Waals surface area contributed by atoms with Crippen molar-refractivity contribution >= 4 is 5.57 Å². The van der Waals surface area contributed by atoms with Crippen LogP contribution < -0.4 is 0 Å². The molecule has 0 spiro atoms. The van der Waals surface area contributed by atoms with E-state index in [0.29, 0.717) is 0 Å². The molecule has 0 unspecified atom stereocenters. The molecule has 1 fully saturated rings. The number of hydrogen-bond donors (Lipinski definition) is 0. The van der Waals surface area contributed by atoms with Gasteiger partial charge in [0.15, 0.2) is 0 Å². The van der Waals surface area contributed by atoms with Crippen molar-refractivity contribution in [2.24, 2.45) is 0 Å². The monoisotopic (exact) mass is 206 g/mol. The van der Waals surface area contributed by atoms with Gasteiger partial charge in [-0.05, 0) is 36.0 Å². The van der Waals surface area contributed by atoms with Gasteiger partial charge in [0.05, 0.1) is 0 Å². The van der Waals surface area contributed by atoms with Crippen LogP contribution in [0.5, 0.6) is 0 Å². The Morgan fingerprint density at radius 3 is 2.56 bits per heavy atom. The molecular formula is C16H14. The number of hydrogen-bond acceptors (Lipinski definition) is 0. The minimum atomic E-state index is 1.02. The zero-order valence-electron chi connectivity index (χ0n) is 9.24. The summed E-state index contributed by atoms with van der Waals surface area (Å²) in [6, 6.07) is 10.6. The average Bonchev–Trinajstić information content (AvgIpc) is 3.15. The largest absolute Gasteiger partial charge is 0.117 e. The highest BCUT2D eigenvalue weighted by molar-refractivity contribution is 5.81. The van der Waals surface area contributed by atoms with E-state index >= 15 is 0 Å². The molecule has 2 aliphatic carbocycles. The van der Waals surface area contributed by atoms with E-state index < -0.39 is 0 Å². The Kier molecular flexibility index (Phi) is 2.36. The first kappa shape index (κ1) is 9.45. The van der Waals surface area contributed by atoms with Gasteiger partial charge in [0, 0.05) is 5.57 Å². The van der Waals surface area contributed by atoms with Crippen LogP contribution in [-0.4, -0.2) is 0 Å². The third kappa shape index (κ3) is 1.93. The highest BCUT2D eigenvalue weighted by Crippen LogP contribution is 2.32. The fraction of sp³-hybridized carbons (Fsp3) is 0.188. The molecule has 3 rings (SSSR count). The second kappa shape index (κ2) is 4.00. The molecule has 1 aromatic rings. The average molecular weight is 206 g/mol. The summed E-state index contributed by atoms with van der Waals surface area (Å²) in [6.07, 6.45) is 10.1. The second-order valence-corrected chi connectivity index (χ2v) is 4.29. The molecule has 0 heterocycles. The van der Waals surface area contributed by atoms with E-state index in [1.165, 1.54) is 35.1 Å². The summed E-state index contributed by atoms with van der Waals surface area (Å²) in [6.45, 7) is 0. The molecule has 0 bridgehead atoms. The Bertz CT molecular complexity index is 514. The molecule has 0 heteroatoms. The minimum Gasteiger partial charge on any atom is -0.117 e. The summed E-state index contributed by atoms with van der Waals surface area (Å²) < 4.78 is 0. The summed E-state index contributed by atoms with van der Waals surface area (Å²) in [4.78, 5) is 0. The Hall–Kier alpha value is -1.78. The molecule has 1 saturated carbocycles. The molecule has 0 nitrogen and oxygen atoms in total. The van der Waals surface area contributed by atoms with E-state index in [-0.39, 0.29) is 0 Å². The zero-order chi connectivity index (χ0) is 10.8. The maximum atomic E-state index is 3.56. The Labute approximate surface area is 96.3 Å². The van der Waals surface area contributed by atoms with Crippen molar-refractivity contribution in [3.63, 3.8) is 0 Å².